The number of esters is 1. The minimum Gasteiger partial charge on any atom is -0.496 e. The first-order chi connectivity index (χ1) is 8.26. The van der Waals surface area contributed by atoms with Crippen LogP contribution in [0.25, 0.3) is 10.8 Å². The van der Waals surface area contributed by atoms with E-state index in [1.54, 1.807) is 20.1 Å². The van der Waals surface area contributed by atoms with Gasteiger partial charge in [-0.1, -0.05) is 12.1 Å². The maximum absolute atomic E-state index is 11.6. The Bertz CT molecular complexity index is 546. The Labute approximate surface area is 100.0 Å². The summed E-state index contributed by atoms with van der Waals surface area (Å²) in [5.41, 5.74) is 0.563. The first-order valence-electron chi connectivity index (χ1n) is 5.50. The number of hydrogen-bond acceptors (Lipinski definition) is 3. The Balaban J connectivity index is 2.48. The van der Waals surface area contributed by atoms with E-state index in [0.717, 1.165) is 16.5 Å². The molecule has 0 aliphatic heterocycles. The van der Waals surface area contributed by atoms with Crippen molar-refractivity contribution in [2.45, 2.75) is 6.92 Å². The van der Waals surface area contributed by atoms with E-state index >= 15 is 0 Å². The molecule has 0 amide bonds. The Hall–Kier alpha value is -2.03. The van der Waals surface area contributed by atoms with Crippen molar-refractivity contribution in [1.82, 2.24) is 0 Å². The van der Waals surface area contributed by atoms with Gasteiger partial charge in [0.25, 0.3) is 0 Å². The van der Waals surface area contributed by atoms with Gasteiger partial charge in [0.2, 0.25) is 0 Å². The number of hydrogen-bond donors (Lipinski definition) is 0. The summed E-state index contributed by atoms with van der Waals surface area (Å²) in [5.74, 6) is 0.509. The van der Waals surface area contributed by atoms with Crippen LogP contribution >= 0.6 is 0 Å². The van der Waals surface area contributed by atoms with E-state index < -0.39 is 0 Å². The van der Waals surface area contributed by atoms with Gasteiger partial charge in [0, 0.05) is 5.39 Å². The van der Waals surface area contributed by atoms with Gasteiger partial charge in [-0.3, -0.25) is 0 Å². The van der Waals surface area contributed by atoms with Gasteiger partial charge in [-0.05, 0) is 36.6 Å². The molecule has 0 aliphatic rings. The molecule has 0 saturated heterocycles. The van der Waals surface area contributed by atoms with Crippen LogP contribution < -0.4 is 4.74 Å². The fourth-order valence-electron chi connectivity index (χ4n) is 1.77. The second-order valence-corrected chi connectivity index (χ2v) is 3.62. The maximum Gasteiger partial charge on any atom is 0.338 e. The average Bonchev–Trinajstić information content (AvgIpc) is 2.37. The third-order valence-electron chi connectivity index (χ3n) is 2.57. The molecule has 17 heavy (non-hydrogen) atoms. The van der Waals surface area contributed by atoms with Gasteiger partial charge in [0.05, 0.1) is 19.3 Å². The average molecular weight is 230 g/mol. The number of rotatable bonds is 3. The summed E-state index contributed by atoms with van der Waals surface area (Å²) in [7, 11) is 1.63. The molecule has 0 radical (unpaired) electrons. The first kappa shape index (κ1) is 11.5. The summed E-state index contributed by atoms with van der Waals surface area (Å²) >= 11 is 0. The molecule has 0 aromatic heterocycles. The molecule has 2 aromatic rings. The highest BCUT2D eigenvalue weighted by molar-refractivity contribution is 5.97. The van der Waals surface area contributed by atoms with Crippen molar-refractivity contribution in [2.24, 2.45) is 0 Å². The van der Waals surface area contributed by atoms with Crippen molar-refractivity contribution < 1.29 is 14.3 Å². The molecule has 0 spiro atoms. The Kier molecular flexibility index (Phi) is 3.28. The number of carbonyl (C=O) groups is 1. The van der Waals surface area contributed by atoms with E-state index in [4.69, 9.17) is 9.47 Å². The van der Waals surface area contributed by atoms with Crippen molar-refractivity contribution >= 4 is 16.7 Å². The van der Waals surface area contributed by atoms with Crippen LogP contribution in [0, 0.1) is 0 Å². The van der Waals surface area contributed by atoms with Gasteiger partial charge < -0.3 is 9.47 Å². The summed E-state index contributed by atoms with van der Waals surface area (Å²) in [6.07, 6.45) is 0. The van der Waals surface area contributed by atoms with E-state index in [9.17, 15) is 4.79 Å². The molecule has 0 atom stereocenters. The Morgan fingerprint density at radius 2 is 2.06 bits per heavy atom. The van der Waals surface area contributed by atoms with Crippen LogP contribution in [0.15, 0.2) is 36.4 Å². The van der Waals surface area contributed by atoms with Crippen LogP contribution in [0.3, 0.4) is 0 Å². The molecule has 0 heterocycles. The summed E-state index contributed by atoms with van der Waals surface area (Å²) in [6.45, 7) is 2.18. The predicted molar refractivity (Wildman–Crippen MR) is 66.5 cm³/mol. The van der Waals surface area contributed by atoms with Crippen LogP contribution in [0.4, 0.5) is 0 Å². The van der Waals surface area contributed by atoms with E-state index in [1.807, 2.05) is 30.3 Å². The van der Waals surface area contributed by atoms with E-state index in [1.165, 1.54) is 0 Å². The minimum absolute atomic E-state index is 0.294. The second-order valence-electron chi connectivity index (χ2n) is 3.62. The van der Waals surface area contributed by atoms with Gasteiger partial charge in [-0.15, -0.1) is 0 Å². The molecule has 2 aromatic carbocycles. The van der Waals surface area contributed by atoms with Crippen molar-refractivity contribution in [2.75, 3.05) is 13.7 Å². The fraction of sp³-hybridized carbons (Fsp3) is 0.214. The lowest BCUT2D eigenvalue weighted by molar-refractivity contribution is 0.0526. The molecule has 2 rings (SSSR count). The second kappa shape index (κ2) is 4.87. The van der Waals surface area contributed by atoms with Gasteiger partial charge in [0.15, 0.2) is 0 Å². The van der Waals surface area contributed by atoms with Gasteiger partial charge in [-0.25, -0.2) is 4.79 Å². The monoisotopic (exact) mass is 230 g/mol. The highest BCUT2D eigenvalue weighted by Gasteiger charge is 2.08. The molecule has 88 valence electrons. The highest BCUT2D eigenvalue weighted by atomic mass is 16.5. The van der Waals surface area contributed by atoms with Crippen LogP contribution in [0.1, 0.15) is 17.3 Å². The third-order valence-corrected chi connectivity index (χ3v) is 2.57. The lowest BCUT2D eigenvalue weighted by atomic mass is 10.1. The molecule has 0 unspecified atom stereocenters. The number of fused-ring (bicyclic) bond motifs is 1. The number of ether oxygens (including phenoxy) is 2. The Morgan fingerprint density at radius 1 is 1.24 bits per heavy atom. The molecule has 0 bridgehead atoms. The van der Waals surface area contributed by atoms with Crippen LogP contribution in [-0.4, -0.2) is 19.7 Å². The number of methoxy groups -OCH3 is 1. The van der Waals surface area contributed by atoms with Crippen molar-refractivity contribution in [3.63, 3.8) is 0 Å². The maximum atomic E-state index is 11.6. The largest absolute Gasteiger partial charge is 0.496 e. The van der Waals surface area contributed by atoms with Gasteiger partial charge in [0.1, 0.15) is 5.75 Å². The van der Waals surface area contributed by atoms with Crippen LogP contribution in [0.2, 0.25) is 0 Å². The molecule has 0 N–H and O–H groups in total. The SMILES string of the molecule is CCOC(=O)c1ccc2c(OC)cccc2c1. The molecule has 3 heteroatoms. The predicted octanol–water partition coefficient (Wildman–Crippen LogP) is 3.03. The molecular weight excluding hydrogens is 216 g/mol. The fourth-order valence-corrected chi connectivity index (χ4v) is 1.77. The molecular formula is C14H14O3. The van der Waals surface area contributed by atoms with E-state index in [2.05, 4.69) is 0 Å². The van der Waals surface area contributed by atoms with E-state index in [0.29, 0.717) is 12.2 Å². The lowest BCUT2D eigenvalue weighted by Crippen LogP contribution is -2.04. The van der Waals surface area contributed by atoms with E-state index in [-0.39, 0.29) is 5.97 Å². The van der Waals surface area contributed by atoms with Gasteiger partial charge >= 0.3 is 5.97 Å². The zero-order valence-electron chi connectivity index (χ0n) is 9.90. The molecule has 3 nitrogen and oxygen atoms in total. The summed E-state index contributed by atoms with van der Waals surface area (Å²) in [5, 5.41) is 1.96. The zero-order chi connectivity index (χ0) is 12.3. The summed E-state index contributed by atoms with van der Waals surface area (Å²) < 4.78 is 10.2. The third kappa shape index (κ3) is 2.23. The standard InChI is InChI=1S/C14H14O3/c1-3-17-14(15)11-7-8-12-10(9-11)5-4-6-13(12)16-2/h4-9H,3H2,1-2H3. The Morgan fingerprint density at radius 3 is 2.76 bits per heavy atom. The lowest BCUT2D eigenvalue weighted by Gasteiger charge is -2.07. The zero-order valence-corrected chi connectivity index (χ0v) is 9.90. The van der Waals surface area contributed by atoms with Crippen LogP contribution in [-0.2, 0) is 4.74 Å². The first-order valence-corrected chi connectivity index (χ1v) is 5.50. The quantitative estimate of drug-likeness (QED) is 0.760. The minimum atomic E-state index is -0.294. The summed E-state index contributed by atoms with van der Waals surface area (Å²) in [4.78, 5) is 11.6. The molecule has 0 aliphatic carbocycles. The highest BCUT2D eigenvalue weighted by Crippen LogP contribution is 2.26. The molecule has 0 fully saturated rings. The van der Waals surface area contributed by atoms with Crippen LogP contribution in [0.5, 0.6) is 5.75 Å². The topological polar surface area (TPSA) is 35.5 Å². The summed E-state index contributed by atoms with van der Waals surface area (Å²) in [6, 6.07) is 11.2. The van der Waals surface area contributed by atoms with Gasteiger partial charge in [-0.2, -0.15) is 0 Å². The van der Waals surface area contributed by atoms with Crippen molar-refractivity contribution in [3.8, 4) is 5.75 Å². The normalized spacial score (nSPS) is 10.2. The smallest absolute Gasteiger partial charge is 0.338 e. The number of carbonyl (C=O) groups excluding carboxylic acids is 1. The molecule has 0 saturated carbocycles. The van der Waals surface area contributed by atoms with Crippen molar-refractivity contribution in [3.05, 3.63) is 42.0 Å². The number of benzene rings is 2. The van der Waals surface area contributed by atoms with Crippen molar-refractivity contribution in [1.29, 1.82) is 0 Å².